The van der Waals surface area contributed by atoms with Crippen molar-refractivity contribution in [1.82, 2.24) is 4.90 Å². The molecule has 100 valence electrons. The lowest BCUT2D eigenvalue weighted by Gasteiger charge is -2.17. The Labute approximate surface area is 134 Å². The van der Waals surface area contributed by atoms with Gasteiger partial charge in [-0.3, -0.25) is 4.79 Å². The molecule has 0 fully saturated rings. The van der Waals surface area contributed by atoms with E-state index < -0.39 is 0 Å². The summed E-state index contributed by atoms with van der Waals surface area (Å²) in [5.74, 6) is -0.142. The Hall–Kier alpha value is -0.550. The third-order valence-electron chi connectivity index (χ3n) is 2.55. The fraction of sp³-hybridized carbons (Fsp3) is 0.154. The molecule has 0 N–H and O–H groups in total. The number of hydrogen-bond acceptors (Lipinski definition) is 2. The van der Waals surface area contributed by atoms with E-state index in [0.29, 0.717) is 22.2 Å². The number of carbonyl (C=O) groups excluding carboxylic acids is 1. The summed E-state index contributed by atoms with van der Waals surface area (Å²) in [4.78, 5) is 15.0. The molecule has 0 saturated carbocycles. The molecule has 0 saturated heterocycles. The van der Waals surface area contributed by atoms with Crippen molar-refractivity contribution in [2.75, 3.05) is 7.05 Å². The molecule has 19 heavy (non-hydrogen) atoms. The van der Waals surface area contributed by atoms with E-state index in [2.05, 4.69) is 15.9 Å². The Balaban J connectivity index is 2.17. The number of amides is 1. The number of thiophene rings is 1. The molecule has 2 rings (SSSR count). The maximum atomic E-state index is 12.3. The van der Waals surface area contributed by atoms with Crippen LogP contribution in [0.5, 0.6) is 0 Å². The molecule has 6 heteroatoms. The van der Waals surface area contributed by atoms with Crippen molar-refractivity contribution in [2.45, 2.75) is 6.54 Å². The first-order valence-electron chi connectivity index (χ1n) is 5.42. The highest BCUT2D eigenvalue weighted by atomic mass is 79.9. The number of carbonyl (C=O) groups is 1. The molecule has 1 aromatic heterocycles. The summed E-state index contributed by atoms with van der Waals surface area (Å²) in [7, 11) is 1.74. The van der Waals surface area contributed by atoms with Gasteiger partial charge in [0.1, 0.15) is 0 Å². The molecule has 2 aromatic rings. The Morgan fingerprint density at radius 1 is 1.32 bits per heavy atom. The van der Waals surface area contributed by atoms with Gasteiger partial charge in [0.25, 0.3) is 5.91 Å². The molecule has 0 radical (unpaired) electrons. The van der Waals surface area contributed by atoms with E-state index in [-0.39, 0.29) is 5.91 Å². The second-order valence-electron chi connectivity index (χ2n) is 3.97. The summed E-state index contributed by atoms with van der Waals surface area (Å²) >= 11 is 17.0. The zero-order chi connectivity index (χ0) is 14.0. The van der Waals surface area contributed by atoms with E-state index in [1.807, 2.05) is 12.1 Å². The van der Waals surface area contributed by atoms with Gasteiger partial charge in [0.05, 0.1) is 25.9 Å². The predicted molar refractivity (Wildman–Crippen MR) is 84.3 cm³/mol. The summed E-state index contributed by atoms with van der Waals surface area (Å²) < 4.78 is 1.05. The number of hydrogen-bond donors (Lipinski definition) is 0. The topological polar surface area (TPSA) is 20.3 Å². The minimum Gasteiger partial charge on any atom is -0.337 e. The molecule has 0 atom stereocenters. The van der Waals surface area contributed by atoms with Crippen LogP contribution in [0.25, 0.3) is 0 Å². The van der Waals surface area contributed by atoms with Crippen molar-refractivity contribution in [1.29, 1.82) is 0 Å². The average Bonchev–Trinajstić information content (AvgIpc) is 2.77. The van der Waals surface area contributed by atoms with Gasteiger partial charge in [-0.05, 0) is 40.2 Å². The van der Waals surface area contributed by atoms with Gasteiger partial charge in [0, 0.05) is 11.9 Å². The van der Waals surface area contributed by atoms with E-state index >= 15 is 0 Å². The Kier molecular flexibility index (Phi) is 4.90. The van der Waals surface area contributed by atoms with Gasteiger partial charge in [0.15, 0.2) is 0 Å². The first-order chi connectivity index (χ1) is 8.99. The van der Waals surface area contributed by atoms with E-state index in [9.17, 15) is 4.79 Å². The Bertz CT molecular complexity index is 614. The normalized spacial score (nSPS) is 10.5. The second-order valence-corrected chi connectivity index (χ2v) is 7.30. The molecule has 0 aliphatic heterocycles. The monoisotopic (exact) mass is 377 g/mol. The first kappa shape index (κ1) is 14.9. The molecule has 2 nitrogen and oxygen atoms in total. The average molecular weight is 379 g/mol. The summed E-state index contributed by atoms with van der Waals surface area (Å²) in [6.07, 6.45) is 0. The van der Waals surface area contributed by atoms with Crippen molar-refractivity contribution in [2.24, 2.45) is 0 Å². The number of benzene rings is 1. The van der Waals surface area contributed by atoms with Gasteiger partial charge in [0.2, 0.25) is 0 Å². The van der Waals surface area contributed by atoms with Crippen molar-refractivity contribution in [3.05, 3.63) is 54.6 Å². The van der Waals surface area contributed by atoms with Crippen LogP contribution in [-0.2, 0) is 6.54 Å². The molecule has 1 amide bonds. The second kappa shape index (κ2) is 6.27. The van der Waals surface area contributed by atoms with Crippen molar-refractivity contribution < 1.29 is 4.79 Å². The molecular weight excluding hydrogens is 369 g/mol. The van der Waals surface area contributed by atoms with E-state index in [0.717, 1.165) is 8.66 Å². The fourth-order valence-corrected chi connectivity index (χ4v) is 3.53. The van der Waals surface area contributed by atoms with Crippen LogP contribution in [0.2, 0.25) is 10.0 Å². The van der Waals surface area contributed by atoms with Crippen LogP contribution in [0.3, 0.4) is 0 Å². The molecule has 0 aliphatic carbocycles. The van der Waals surface area contributed by atoms with Crippen molar-refractivity contribution in [3.8, 4) is 0 Å². The minimum absolute atomic E-state index is 0.142. The quantitative estimate of drug-likeness (QED) is 0.728. The van der Waals surface area contributed by atoms with Crippen molar-refractivity contribution in [3.63, 3.8) is 0 Å². The zero-order valence-corrected chi connectivity index (χ0v) is 13.9. The van der Waals surface area contributed by atoms with E-state index in [1.165, 1.54) is 0 Å². The van der Waals surface area contributed by atoms with E-state index in [4.69, 9.17) is 23.2 Å². The smallest absolute Gasteiger partial charge is 0.255 e. The maximum Gasteiger partial charge on any atom is 0.255 e. The standard InChI is InChI=1S/C13H10BrCl2NOS/c1-17(7-8-5-6-11(14)19-8)13(18)9-3-2-4-10(15)12(9)16/h2-6H,7H2,1H3. The SMILES string of the molecule is CN(Cc1ccc(Br)s1)C(=O)c1cccc(Cl)c1Cl. The third-order valence-corrected chi connectivity index (χ3v) is 4.98. The minimum atomic E-state index is -0.142. The highest BCUT2D eigenvalue weighted by Gasteiger charge is 2.17. The number of rotatable bonds is 3. The third kappa shape index (κ3) is 3.51. The summed E-state index contributed by atoms with van der Waals surface area (Å²) in [5, 5.41) is 0.688. The van der Waals surface area contributed by atoms with E-state index in [1.54, 1.807) is 41.5 Å². The molecule has 0 unspecified atom stereocenters. The van der Waals surface area contributed by atoms with Crippen LogP contribution in [-0.4, -0.2) is 17.9 Å². The highest BCUT2D eigenvalue weighted by Crippen LogP contribution is 2.27. The lowest BCUT2D eigenvalue weighted by molar-refractivity contribution is 0.0786. The van der Waals surface area contributed by atoms with Gasteiger partial charge in [-0.15, -0.1) is 11.3 Å². The summed E-state index contributed by atoms with van der Waals surface area (Å²) in [5.41, 5.74) is 0.423. The number of halogens is 3. The maximum absolute atomic E-state index is 12.3. The van der Waals surface area contributed by atoms with Gasteiger partial charge in [-0.25, -0.2) is 0 Å². The van der Waals surface area contributed by atoms with Crippen LogP contribution in [0.4, 0.5) is 0 Å². The summed E-state index contributed by atoms with van der Waals surface area (Å²) in [6.45, 7) is 0.540. The molecular formula is C13H10BrCl2NOS. The Morgan fingerprint density at radius 2 is 2.05 bits per heavy atom. The van der Waals surface area contributed by atoms with Crippen LogP contribution in [0.1, 0.15) is 15.2 Å². The predicted octanol–water partition coefficient (Wildman–Crippen LogP) is 5.09. The van der Waals surface area contributed by atoms with Gasteiger partial charge in [-0.1, -0.05) is 29.3 Å². The molecule has 0 aliphatic rings. The summed E-state index contributed by atoms with van der Waals surface area (Å²) in [6, 6.07) is 9.01. The molecule has 0 spiro atoms. The number of nitrogens with zero attached hydrogens (tertiary/aromatic N) is 1. The van der Waals surface area contributed by atoms with Gasteiger partial charge >= 0.3 is 0 Å². The van der Waals surface area contributed by atoms with Gasteiger partial charge < -0.3 is 4.90 Å². The fourth-order valence-electron chi connectivity index (χ4n) is 1.62. The van der Waals surface area contributed by atoms with Crippen LogP contribution < -0.4 is 0 Å². The largest absolute Gasteiger partial charge is 0.337 e. The lowest BCUT2D eigenvalue weighted by atomic mass is 10.2. The Morgan fingerprint density at radius 3 is 2.68 bits per heavy atom. The van der Waals surface area contributed by atoms with Crippen molar-refractivity contribution >= 4 is 56.4 Å². The lowest BCUT2D eigenvalue weighted by Crippen LogP contribution is -2.26. The van der Waals surface area contributed by atoms with Crippen LogP contribution >= 0.6 is 50.5 Å². The molecule has 1 aromatic carbocycles. The molecule has 1 heterocycles. The van der Waals surface area contributed by atoms with Crippen LogP contribution in [0.15, 0.2) is 34.1 Å². The van der Waals surface area contributed by atoms with Gasteiger partial charge in [-0.2, -0.15) is 0 Å². The first-order valence-corrected chi connectivity index (χ1v) is 7.79. The molecule has 0 bridgehead atoms. The highest BCUT2D eigenvalue weighted by molar-refractivity contribution is 9.11. The zero-order valence-electron chi connectivity index (χ0n) is 9.99. The van der Waals surface area contributed by atoms with Crippen LogP contribution in [0, 0.1) is 0 Å².